The van der Waals surface area contributed by atoms with Crippen LogP contribution in [0.1, 0.15) is 16.8 Å². The van der Waals surface area contributed by atoms with E-state index >= 15 is 0 Å². The second-order valence-corrected chi connectivity index (χ2v) is 7.90. The van der Waals surface area contributed by atoms with Crippen LogP contribution in [0.5, 0.6) is 5.88 Å². The zero-order valence-electron chi connectivity index (χ0n) is 14.7. The second kappa shape index (κ2) is 7.42. The predicted molar refractivity (Wildman–Crippen MR) is 93.3 cm³/mol. The Balaban J connectivity index is 1.72. The van der Waals surface area contributed by atoms with E-state index in [2.05, 4.69) is 9.97 Å². The molecule has 26 heavy (non-hydrogen) atoms. The van der Waals surface area contributed by atoms with Crippen molar-refractivity contribution in [2.75, 3.05) is 33.3 Å². The minimum absolute atomic E-state index is 0.0265. The van der Waals surface area contributed by atoms with Crippen LogP contribution in [0, 0.1) is 0 Å². The summed E-state index contributed by atoms with van der Waals surface area (Å²) in [7, 11) is -0.447. The molecule has 1 aliphatic heterocycles. The Kier molecular flexibility index (Phi) is 5.23. The zero-order valence-corrected chi connectivity index (χ0v) is 15.5. The Morgan fingerprint density at radius 2 is 2.00 bits per heavy atom. The second-order valence-electron chi connectivity index (χ2n) is 6.01. The molecule has 0 N–H and O–H groups in total. The zero-order chi connectivity index (χ0) is 18.7. The van der Waals surface area contributed by atoms with E-state index in [1.165, 1.54) is 30.1 Å². The van der Waals surface area contributed by atoms with E-state index in [1.807, 2.05) is 0 Å². The van der Waals surface area contributed by atoms with Crippen molar-refractivity contribution in [3.63, 3.8) is 0 Å². The number of sulfonamides is 1. The number of pyridine rings is 1. The van der Waals surface area contributed by atoms with Gasteiger partial charge in [0, 0.05) is 57.3 Å². The number of hydrogen-bond donors (Lipinski definition) is 0. The maximum Gasteiger partial charge on any atom is 0.262 e. The number of ether oxygens (including phenoxy) is 1. The minimum Gasteiger partial charge on any atom is -0.481 e. The van der Waals surface area contributed by atoms with E-state index in [4.69, 9.17) is 4.74 Å². The molecule has 9 nitrogen and oxygen atoms in total. The molecule has 3 heterocycles. The summed E-state index contributed by atoms with van der Waals surface area (Å²) < 4.78 is 33.4. The Bertz CT molecular complexity index is 896. The maximum absolute atomic E-state index is 12.7. The predicted octanol–water partition coefficient (Wildman–Crippen LogP) is 0.361. The Morgan fingerprint density at radius 3 is 2.69 bits per heavy atom. The highest BCUT2D eigenvalue weighted by Gasteiger charge is 2.30. The molecule has 10 heteroatoms. The first-order chi connectivity index (χ1) is 12.4. The van der Waals surface area contributed by atoms with Crippen LogP contribution in [-0.4, -0.2) is 71.4 Å². The van der Waals surface area contributed by atoms with E-state index in [0.29, 0.717) is 37.5 Å². The molecular weight excluding hydrogens is 358 g/mol. The number of nitrogens with zero attached hydrogens (tertiary/aromatic N) is 5. The fourth-order valence-corrected chi connectivity index (χ4v) is 4.26. The number of aryl methyl sites for hydroxylation is 1. The van der Waals surface area contributed by atoms with Crippen LogP contribution in [0.4, 0.5) is 0 Å². The van der Waals surface area contributed by atoms with E-state index in [1.54, 1.807) is 28.6 Å². The Hall–Kier alpha value is -2.46. The first-order valence-corrected chi connectivity index (χ1v) is 9.63. The molecule has 1 aliphatic rings. The van der Waals surface area contributed by atoms with Gasteiger partial charge in [0.1, 0.15) is 0 Å². The fourth-order valence-electron chi connectivity index (χ4n) is 2.83. The Labute approximate surface area is 152 Å². The molecule has 0 atom stereocenters. The van der Waals surface area contributed by atoms with Gasteiger partial charge in [-0.25, -0.2) is 18.4 Å². The molecular formula is C16H21N5O4S. The van der Waals surface area contributed by atoms with E-state index in [0.717, 1.165) is 0 Å². The summed E-state index contributed by atoms with van der Waals surface area (Å²) in [6.45, 7) is 1.38. The number of imidazole rings is 1. The highest BCUT2D eigenvalue weighted by Crippen LogP contribution is 2.18. The molecule has 0 radical (unpaired) electrons. The van der Waals surface area contributed by atoms with Crippen molar-refractivity contribution in [3.05, 3.63) is 36.4 Å². The summed E-state index contributed by atoms with van der Waals surface area (Å²) in [6.07, 6.45) is 5.01. The van der Waals surface area contributed by atoms with Gasteiger partial charge in [-0.15, -0.1) is 0 Å². The van der Waals surface area contributed by atoms with Gasteiger partial charge >= 0.3 is 0 Å². The molecule has 0 saturated carbocycles. The molecule has 1 fully saturated rings. The number of hydrogen-bond acceptors (Lipinski definition) is 6. The number of methoxy groups -OCH3 is 1. The van der Waals surface area contributed by atoms with E-state index in [-0.39, 0.29) is 17.5 Å². The molecule has 1 amide bonds. The highest BCUT2D eigenvalue weighted by atomic mass is 32.2. The molecule has 0 aliphatic carbocycles. The van der Waals surface area contributed by atoms with Crippen molar-refractivity contribution in [2.24, 2.45) is 7.05 Å². The molecule has 1 saturated heterocycles. The SMILES string of the molecule is COc1cc(C(=O)N2CCCN(S(=O)(=O)c3cn(C)cn3)CC2)ccn1. The van der Waals surface area contributed by atoms with Crippen LogP contribution in [0.25, 0.3) is 0 Å². The van der Waals surface area contributed by atoms with Gasteiger partial charge in [0.2, 0.25) is 5.88 Å². The third-order valence-electron chi connectivity index (χ3n) is 4.22. The summed E-state index contributed by atoms with van der Waals surface area (Å²) in [5.41, 5.74) is 0.470. The quantitative estimate of drug-likeness (QED) is 0.761. The smallest absolute Gasteiger partial charge is 0.262 e. The summed E-state index contributed by atoms with van der Waals surface area (Å²) in [5, 5.41) is 0.0265. The molecule has 0 bridgehead atoms. The van der Waals surface area contributed by atoms with Crippen molar-refractivity contribution in [3.8, 4) is 5.88 Å². The topological polar surface area (TPSA) is 97.6 Å². The lowest BCUT2D eigenvalue weighted by Crippen LogP contribution is -2.37. The largest absolute Gasteiger partial charge is 0.481 e. The number of aromatic nitrogens is 3. The van der Waals surface area contributed by atoms with Gasteiger partial charge in [0.15, 0.2) is 5.03 Å². The number of carbonyl (C=O) groups is 1. The van der Waals surface area contributed by atoms with Crippen molar-refractivity contribution in [1.82, 2.24) is 23.7 Å². The standard InChI is InChI=1S/C16H21N5O4S/c1-19-11-15(18-12-19)26(23,24)21-7-3-6-20(8-9-21)16(22)13-4-5-17-14(10-13)25-2/h4-5,10-12H,3,6-9H2,1-2H3. The lowest BCUT2D eigenvalue weighted by atomic mass is 10.2. The molecule has 0 aromatic carbocycles. The maximum atomic E-state index is 12.7. The van der Waals surface area contributed by atoms with Crippen LogP contribution >= 0.6 is 0 Å². The average molecular weight is 379 g/mol. The van der Waals surface area contributed by atoms with Gasteiger partial charge in [-0.1, -0.05) is 0 Å². The number of rotatable bonds is 4. The van der Waals surface area contributed by atoms with Crippen molar-refractivity contribution in [1.29, 1.82) is 0 Å². The molecule has 3 rings (SSSR count). The van der Waals surface area contributed by atoms with Crippen molar-refractivity contribution >= 4 is 15.9 Å². The van der Waals surface area contributed by atoms with Crippen LogP contribution in [-0.2, 0) is 17.1 Å². The summed E-state index contributed by atoms with van der Waals surface area (Å²) in [4.78, 5) is 22.3. The lowest BCUT2D eigenvalue weighted by molar-refractivity contribution is 0.0763. The summed E-state index contributed by atoms with van der Waals surface area (Å²) >= 11 is 0. The van der Waals surface area contributed by atoms with Crippen LogP contribution in [0.3, 0.4) is 0 Å². The monoisotopic (exact) mass is 379 g/mol. The van der Waals surface area contributed by atoms with Gasteiger partial charge in [0.25, 0.3) is 15.9 Å². The molecule has 0 unspecified atom stereocenters. The molecule has 0 spiro atoms. The number of carbonyl (C=O) groups excluding carboxylic acids is 1. The summed E-state index contributed by atoms with van der Waals surface area (Å²) in [5.74, 6) is 0.202. The Morgan fingerprint density at radius 1 is 1.19 bits per heavy atom. The molecule has 2 aromatic rings. The summed E-state index contributed by atoms with van der Waals surface area (Å²) in [6, 6.07) is 3.20. The highest BCUT2D eigenvalue weighted by molar-refractivity contribution is 7.89. The average Bonchev–Trinajstić information content (AvgIpc) is 2.94. The van der Waals surface area contributed by atoms with Crippen molar-refractivity contribution < 1.29 is 17.9 Å². The first-order valence-electron chi connectivity index (χ1n) is 8.19. The van der Waals surface area contributed by atoms with Gasteiger partial charge in [-0.05, 0) is 12.5 Å². The van der Waals surface area contributed by atoms with Gasteiger partial charge < -0.3 is 14.2 Å². The molecule has 2 aromatic heterocycles. The van der Waals surface area contributed by atoms with Gasteiger partial charge in [-0.3, -0.25) is 4.79 Å². The van der Waals surface area contributed by atoms with Crippen LogP contribution in [0.2, 0.25) is 0 Å². The first kappa shape index (κ1) is 18.3. The van der Waals surface area contributed by atoms with E-state index < -0.39 is 10.0 Å². The fraction of sp³-hybridized carbons (Fsp3) is 0.438. The van der Waals surface area contributed by atoms with Crippen molar-refractivity contribution in [2.45, 2.75) is 11.4 Å². The third kappa shape index (κ3) is 3.70. The molecule has 140 valence electrons. The van der Waals surface area contributed by atoms with Crippen LogP contribution in [0.15, 0.2) is 35.9 Å². The van der Waals surface area contributed by atoms with Gasteiger partial charge in [-0.2, -0.15) is 4.31 Å². The minimum atomic E-state index is -3.66. The number of amides is 1. The van der Waals surface area contributed by atoms with E-state index in [9.17, 15) is 13.2 Å². The normalized spacial score (nSPS) is 16.3. The third-order valence-corrected chi connectivity index (χ3v) is 6.00. The lowest BCUT2D eigenvalue weighted by Gasteiger charge is -2.21. The van der Waals surface area contributed by atoms with Crippen LogP contribution < -0.4 is 4.74 Å². The van der Waals surface area contributed by atoms with Gasteiger partial charge in [0.05, 0.1) is 13.4 Å².